The number of amides is 18. The van der Waals surface area contributed by atoms with E-state index >= 15 is 0 Å². The molecule has 29 N–H and O–H groups in total. The van der Waals surface area contributed by atoms with Crippen LogP contribution in [0, 0.1) is 5.92 Å². The molecule has 1 fully saturated rings. The van der Waals surface area contributed by atoms with Crippen LogP contribution in [-0.4, -0.2) is 248 Å². The number of aliphatic hydroxyl groups is 1. The van der Waals surface area contributed by atoms with Gasteiger partial charge in [-0.15, -0.1) is 0 Å². The first-order valence-corrected chi connectivity index (χ1v) is 37.8. The standard InChI is InChI=1S/C72H105N21O26/c1-5-6-7-8-9-10-11-22-53(97)81-44(25-38-31-76-42-20-15-13-17-39(38)42)66(108)84-45(27-52(75)96)67(109)86-48(30-57(101)93-118)68(110)89-61-37(4)119-72(114)49(26-51(95)40-18-12-14-19-41(40)74)87-71(113)60(35(2)24-54(98)90-115)88-69(111)50(34-94)82-59(103)32-77-63(105)46(28-55(99)91-116)83-62(104)36(3)79-65(107)47(29-56(100)92-117)85-64(106)43(21-16-23-73)80-58(102)33-78-70(61)112/h12-15,17-20,31,35-37,43-50,60-61,76,94,115-118H,5-11,16,21-30,32-34,73-74H2,1-4H3,(H2,75,96)(H,77,105)(H,78,112)(H,79,107)(H,80,102)(H,81,97)(H,82,103)(H,83,104)(H,84,108)(H,85,106)(H,86,109)(H,87,113)(H,88,111)(H,89,110)(H,90,98)(H,91,99)(H,92,100)(H,93,101)/t35-,36-,37-,43+,44+,45-,46+,47+,48+,49+,50-,60+,61+/m1/s1. The Morgan fingerprint density at radius 3 is 1.66 bits per heavy atom. The summed E-state index contributed by atoms with van der Waals surface area (Å²) >= 11 is 0. The average molecular weight is 1680 g/mol. The third-order valence-electron chi connectivity index (χ3n) is 18.4. The lowest BCUT2D eigenvalue weighted by Crippen LogP contribution is -2.62. The van der Waals surface area contributed by atoms with Crippen LogP contribution >= 0.6 is 0 Å². The number of benzene rings is 2. The number of aromatic amines is 1. The number of aliphatic hydroxyl groups excluding tert-OH is 1. The Balaban J connectivity index is 1.91. The highest BCUT2D eigenvalue weighted by Gasteiger charge is 2.41. The van der Waals surface area contributed by atoms with Gasteiger partial charge in [-0.2, -0.15) is 0 Å². The van der Waals surface area contributed by atoms with E-state index in [0.717, 1.165) is 52.9 Å². The molecule has 1 aliphatic heterocycles. The largest absolute Gasteiger partial charge is 0.458 e. The first kappa shape index (κ1) is 98.5. The van der Waals surface area contributed by atoms with Crippen molar-refractivity contribution in [1.29, 1.82) is 0 Å². The number of cyclic esters (lactones) is 1. The van der Waals surface area contributed by atoms with E-state index in [2.05, 4.69) is 70.4 Å². The van der Waals surface area contributed by atoms with E-state index in [-0.39, 0.29) is 37.1 Å². The van der Waals surface area contributed by atoms with Gasteiger partial charge in [0.15, 0.2) is 5.78 Å². The van der Waals surface area contributed by atoms with Crippen LogP contribution in [0.1, 0.15) is 146 Å². The first-order valence-electron chi connectivity index (χ1n) is 37.8. The number of hydrogen-bond donors (Lipinski definition) is 26. The van der Waals surface area contributed by atoms with Crippen LogP contribution in [0.15, 0.2) is 54.7 Å². The number of H-pyrrole nitrogens is 1. The SMILES string of the molecule is CCCCCCCCCC(=O)N[C@@H](Cc1c[nH]c2ccccc12)C(=O)N[C@H](CC(N)=O)C(=O)N[C@@H](CC(=O)NO)C(=O)N[C@@H]1C(=O)NCC(=O)N[C@@H](CCCN)C(=O)N[C@@H](CC(=O)NO)C(=O)N[C@H](C)C(=O)N[C@@H](CC(=O)NO)C(=O)NCC(=O)N[C@H](CO)C(=O)N[C@@H]([C@H](C)CC(=O)NO)C(=O)N[C@@H](CC(=O)c2ccccc2N)C(=O)O[C@@H]1C. The molecule has 47 heteroatoms. The van der Waals surface area contributed by atoms with Crippen molar-refractivity contribution in [3.63, 3.8) is 0 Å². The maximum Gasteiger partial charge on any atom is 0.329 e. The number of carbonyl (C=O) groups is 20. The molecule has 2 aromatic carbocycles. The van der Waals surface area contributed by atoms with Crippen LogP contribution in [0.3, 0.4) is 0 Å². The van der Waals surface area contributed by atoms with Gasteiger partial charge in [0.05, 0.1) is 45.4 Å². The minimum Gasteiger partial charge on any atom is -0.458 e. The van der Waals surface area contributed by atoms with Crippen molar-refractivity contribution in [3.05, 3.63) is 65.9 Å². The van der Waals surface area contributed by atoms with Crippen molar-refractivity contribution in [2.24, 2.45) is 17.4 Å². The molecule has 3 aromatic rings. The second-order valence-corrected chi connectivity index (χ2v) is 27.8. The number of para-hydroxylation sites is 2. The van der Waals surface area contributed by atoms with Gasteiger partial charge in [-0.25, -0.2) is 26.7 Å². The number of hydrogen-bond acceptors (Lipinski definition) is 28. The Labute approximate surface area is 679 Å². The van der Waals surface area contributed by atoms with Gasteiger partial charge in [0, 0.05) is 54.0 Å². The second-order valence-electron chi connectivity index (χ2n) is 27.8. The molecular weight excluding hydrogens is 1570 g/mol. The molecule has 119 heavy (non-hydrogen) atoms. The second kappa shape index (κ2) is 50.6. The van der Waals surface area contributed by atoms with E-state index in [1.807, 2.05) is 10.6 Å². The average Bonchev–Trinajstić information content (AvgIpc) is 1.67. The first-order chi connectivity index (χ1) is 56.5. The Morgan fingerprint density at radius 1 is 0.529 bits per heavy atom. The maximum absolute atomic E-state index is 14.9. The van der Waals surface area contributed by atoms with Gasteiger partial charge in [0.25, 0.3) is 0 Å². The van der Waals surface area contributed by atoms with Crippen LogP contribution in [0.25, 0.3) is 10.9 Å². The summed E-state index contributed by atoms with van der Waals surface area (Å²) in [4.78, 5) is 280. The molecule has 1 aromatic heterocycles. The number of fused-ring (bicyclic) bond motifs is 1. The predicted molar refractivity (Wildman–Crippen MR) is 409 cm³/mol. The van der Waals surface area contributed by atoms with E-state index in [1.54, 1.807) is 30.5 Å². The predicted octanol–water partition coefficient (Wildman–Crippen LogP) is -7.94. The zero-order chi connectivity index (χ0) is 88.6. The molecule has 0 spiro atoms. The Bertz CT molecular complexity index is 4130. The van der Waals surface area contributed by atoms with Crippen LogP contribution in [0.2, 0.25) is 0 Å². The molecule has 13 atom stereocenters. The molecule has 0 aliphatic carbocycles. The van der Waals surface area contributed by atoms with Crippen LogP contribution < -0.4 is 108 Å². The molecule has 4 rings (SSSR count). The molecule has 654 valence electrons. The Morgan fingerprint density at radius 2 is 1.06 bits per heavy atom. The van der Waals surface area contributed by atoms with E-state index in [1.165, 1.54) is 46.2 Å². The summed E-state index contributed by atoms with van der Waals surface area (Å²) in [5, 5.41) is 77.6. The molecule has 47 nitrogen and oxygen atoms in total. The van der Waals surface area contributed by atoms with Crippen LogP contribution in [-0.2, 0) is 102 Å². The summed E-state index contributed by atoms with van der Waals surface area (Å²) in [7, 11) is 0. The number of Topliss-reactive ketones (excluding diaryl/α,β-unsaturated/α-hetero) is 1. The third-order valence-corrected chi connectivity index (χ3v) is 18.4. The topological polar surface area (TPSA) is 750 Å². The molecule has 0 bridgehead atoms. The van der Waals surface area contributed by atoms with Gasteiger partial charge in [0.1, 0.15) is 72.6 Å². The zero-order valence-electron chi connectivity index (χ0n) is 65.6. The van der Waals surface area contributed by atoms with Gasteiger partial charge in [0.2, 0.25) is 106 Å². The quantitative estimate of drug-likeness (QED) is 0.00649. The summed E-state index contributed by atoms with van der Waals surface area (Å²) < 4.78 is 5.72. The van der Waals surface area contributed by atoms with Crippen molar-refractivity contribution < 1.29 is 127 Å². The number of primary amides is 1. The van der Waals surface area contributed by atoms with E-state index < -0.39 is 261 Å². The lowest BCUT2D eigenvalue weighted by molar-refractivity contribution is -0.156. The zero-order valence-corrected chi connectivity index (χ0v) is 65.6. The highest BCUT2D eigenvalue weighted by molar-refractivity contribution is 6.05. The third kappa shape index (κ3) is 33.3. The summed E-state index contributed by atoms with van der Waals surface area (Å²) in [5.41, 5.74) is 23.2. The number of ketones is 1. The number of nitrogen functional groups attached to an aromatic ring is 1. The number of aromatic nitrogens is 1. The van der Waals surface area contributed by atoms with E-state index in [4.69, 9.17) is 21.9 Å². The normalized spacial score (nSPS) is 20.8. The molecule has 0 saturated carbocycles. The van der Waals surface area contributed by atoms with E-state index in [9.17, 15) is 122 Å². The monoisotopic (exact) mass is 1680 g/mol. The summed E-state index contributed by atoms with van der Waals surface area (Å²) in [6.45, 7) is 1.13. The fraction of sp³-hybridized carbons (Fsp3) is 0.528. The lowest BCUT2D eigenvalue weighted by atomic mass is 9.95. The summed E-state index contributed by atoms with van der Waals surface area (Å²) in [6, 6.07) is -10.5. The number of unbranched alkanes of at least 4 members (excludes halogenated alkanes) is 6. The summed E-state index contributed by atoms with van der Waals surface area (Å²) in [5.74, 6) is -28.1. The number of nitrogens with one attached hydrogen (secondary N) is 18. The minimum atomic E-state index is -2.46. The number of esters is 1. The van der Waals surface area contributed by atoms with Crippen LogP contribution in [0.5, 0.6) is 0 Å². The molecule has 0 unspecified atom stereocenters. The van der Waals surface area contributed by atoms with Crippen molar-refractivity contribution in [1.82, 2.24) is 96.0 Å². The van der Waals surface area contributed by atoms with Crippen molar-refractivity contribution in [2.75, 3.05) is 32.0 Å². The lowest BCUT2D eigenvalue weighted by Gasteiger charge is -2.30. The fourth-order valence-corrected chi connectivity index (χ4v) is 12.0. The van der Waals surface area contributed by atoms with Gasteiger partial charge in [-0.3, -0.25) is 112 Å². The van der Waals surface area contributed by atoms with Gasteiger partial charge in [-0.05, 0) is 69.3 Å². The summed E-state index contributed by atoms with van der Waals surface area (Å²) in [6.07, 6.45) is -2.00. The van der Waals surface area contributed by atoms with Gasteiger partial charge >= 0.3 is 5.97 Å². The molecule has 1 aliphatic rings. The number of ether oxygens (including phenoxy) is 1. The van der Waals surface area contributed by atoms with Crippen molar-refractivity contribution in [2.45, 2.75) is 209 Å². The minimum absolute atomic E-state index is 0.0238. The van der Waals surface area contributed by atoms with Gasteiger partial charge < -0.3 is 101 Å². The van der Waals surface area contributed by atoms with E-state index in [0.29, 0.717) is 29.3 Å². The Hall–Kier alpha value is -12.9. The molecule has 1 saturated heterocycles. The number of rotatable bonds is 35. The smallest absolute Gasteiger partial charge is 0.329 e. The Kier molecular flexibility index (Phi) is 41.9. The van der Waals surface area contributed by atoms with Crippen molar-refractivity contribution in [3.8, 4) is 0 Å². The maximum atomic E-state index is 14.9. The fourth-order valence-electron chi connectivity index (χ4n) is 12.0. The number of anilines is 1. The number of carbonyl (C=O) groups excluding carboxylic acids is 20. The highest BCUT2D eigenvalue weighted by atomic mass is 16.5. The number of hydroxylamine groups is 4. The molecule has 18 amide bonds. The van der Waals surface area contributed by atoms with Crippen LogP contribution in [0.4, 0.5) is 5.69 Å². The highest BCUT2D eigenvalue weighted by Crippen LogP contribution is 2.22. The molecular formula is C72H105N21O26. The van der Waals surface area contributed by atoms with Crippen molar-refractivity contribution >= 4 is 135 Å². The molecule has 0 radical (unpaired) electrons. The molecule has 2 heterocycles. The number of nitrogens with two attached hydrogens (primary N) is 3. The van der Waals surface area contributed by atoms with Gasteiger partial charge in [-0.1, -0.05) is 82.7 Å².